The predicted molar refractivity (Wildman–Crippen MR) is 72.2 cm³/mol. The van der Waals surface area contributed by atoms with Gasteiger partial charge in [-0.25, -0.2) is 0 Å². The molecule has 0 bridgehead atoms. The van der Waals surface area contributed by atoms with Crippen LogP contribution in [0.5, 0.6) is 11.5 Å². The van der Waals surface area contributed by atoms with E-state index in [2.05, 4.69) is 19.9 Å². The monoisotopic (exact) mass is 246 g/mol. The lowest BCUT2D eigenvalue weighted by Crippen LogP contribution is -2.01. The number of phenols is 1. The van der Waals surface area contributed by atoms with Gasteiger partial charge >= 0.3 is 0 Å². The minimum absolute atomic E-state index is 0.124. The fraction of sp³-hybridized carbons (Fsp3) is 0.333. The van der Waals surface area contributed by atoms with Gasteiger partial charge in [-0.05, 0) is 22.9 Å². The highest BCUT2D eigenvalue weighted by Gasteiger charge is 2.13. The van der Waals surface area contributed by atoms with E-state index in [0.29, 0.717) is 11.7 Å². The van der Waals surface area contributed by atoms with Gasteiger partial charge < -0.3 is 14.6 Å². The smallest absolute Gasteiger partial charge is 0.188 e. The highest BCUT2D eigenvalue weighted by atomic mass is 16.7. The van der Waals surface area contributed by atoms with E-state index in [9.17, 15) is 5.11 Å². The van der Waals surface area contributed by atoms with Gasteiger partial charge in [0.25, 0.3) is 0 Å². The Morgan fingerprint density at radius 2 is 1.94 bits per heavy atom. The van der Waals surface area contributed by atoms with E-state index >= 15 is 0 Å². The Labute approximate surface area is 107 Å². The van der Waals surface area contributed by atoms with Gasteiger partial charge in [0, 0.05) is 12.5 Å². The minimum atomic E-state index is 0.124. The third-order valence-corrected chi connectivity index (χ3v) is 2.95. The summed E-state index contributed by atoms with van der Waals surface area (Å²) in [5, 5.41) is 12.0. The minimum Gasteiger partial charge on any atom is -0.504 e. The van der Waals surface area contributed by atoms with Crippen molar-refractivity contribution in [3.05, 3.63) is 35.9 Å². The molecule has 0 unspecified atom stereocenters. The van der Waals surface area contributed by atoms with E-state index in [-0.39, 0.29) is 12.5 Å². The topological polar surface area (TPSA) is 38.7 Å². The number of hydrogen-bond acceptors (Lipinski definition) is 3. The lowest BCUT2D eigenvalue weighted by atomic mass is 9.95. The molecule has 2 aromatic rings. The van der Waals surface area contributed by atoms with Crippen molar-refractivity contribution in [2.45, 2.75) is 19.8 Å². The zero-order valence-corrected chi connectivity index (χ0v) is 10.9. The van der Waals surface area contributed by atoms with E-state index in [1.165, 1.54) is 0 Å². The molecule has 3 heteroatoms. The molecule has 0 aromatic heterocycles. The lowest BCUT2D eigenvalue weighted by molar-refractivity contribution is 0.0503. The Kier molecular flexibility index (Phi) is 3.72. The Morgan fingerprint density at radius 1 is 1.17 bits per heavy atom. The van der Waals surface area contributed by atoms with E-state index in [1.807, 2.05) is 18.2 Å². The average Bonchev–Trinajstić information content (AvgIpc) is 2.36. The number of benzene rings is 2. The van der Waals surface area contributed by atoms with Gasteiger partial charge in [0.1, 0.15) is 0 Å². The van der Waals surface area contributed by atoms with Gasteiger partial charge in [-0.2, -0.15) is 0 Å². The van der Waals surface area contributed by atoms with E-state index < -0.39 is 0 Å². The van der Waals surface area contributed by atoms with Crippen molar-refractivity contribution in [3.63, 3.8) is 0 Å². The van der Waals surface area contributed by atoms with Crippen molar-refractivity contribution >= 4 is 10.8 Å². The second kappa shape index (κ2) is 5.27. The normalized spacial score (nSPS) is 11.1. The molecule has 96 valence electrons. The first kappa shape index (κ1) is 12.7. The van der Waals surface area contributed by atoms with Crippen LogP contribution in [0.3, 0.4) is 0 Å². The molecule has 0 heterocycles. The summed E-state index contributed by atoms with van der Waals surface area (Å²) in [5.41, 5.74) is 1.16. The molecule has 0 aliphatic carbocycles. The van der Waals surface area contributed by atoms with Crippen LogP contribution in [0.1, 0.15) is 25.3 Å². The SMILES string of the molecule is COCOc1c(O)ccc2cccc(C(C)C)c12. The molecule has 0 spiro atoms. The maximum absolute atomic E-state index is 9.96. The molecule has 18 heavy (non-hydrogen) atoms. The van der Waals surface area contributed by atoms with Crippen LogP contribution in [0.25, 0.3) is 10.8 Å². The van der Waals surface area contributed by atoms with Crippen molar-refractivity contribution in [1.29, 1.82) is 0 Å². The number of methoxy groups -OCH3 is 1. The highest BCUT2D eigenvalue weighted by molar-refractivity contribution is 5.93. The lowest BCUT2D eigenvalue weighted by Gasteiger charge is -2.15. The van der Waals surface area contributed by atoms with Crippen molar-refractivity contribution < 1.29 is 14.6 Å². The molecule has 0 amide bonds. The van der Waals surface area contributed by atoms with Crippen LogP contribution >= 0.6 is 0 Å². The molecule has 0 fully saturated rings. The van der Waals surface area contributed by atoms with Crippen LogP contribution in [0.2, 0.25) is 0 Å². The Bertz CT molecular complexity index is 547. The molecule has 0 radical (unpaired) electrons. The number of rotatable bonds is 4. The molecule has 3 nitrogen and oxygen atoms in total. The second-order valence-corrected chi connectivity index (χ2v) is 4.56. The first-order chi connectivity index (χ1) is 8.65. The fourth-order valence-corrected chi connectivity index (χ4v) is 2.11. The summed E-state index contributed by atoms with van der Waals surface area (Å²) in [6.45, 7) is 4.37. The largest absolute Gasteiger partial charge is 0.504 e. The summed E-state index contributed by atoms with van der Waals surface area (Å²) in [4.78, 5) is 0. The Morgan fingerprint density at radius 3 is 2.61 bits per heavy atom. The summed E-state index contributed by atoms with van der Waals surface area (Å²) in [6.07, 6.45) is 0. The van der Waals surface area contributed by atoms with Crippen molar-refractivity contribution in [2.75, 3.05) is 13.9 Å². The molecule has 0 saturated carbocycles. The van der Waals surface area contributed by atoms with Gasteiger partial charge in [-0.3, -0.25) is 0 Å². The van der Waals surface area contributed by atoms with E-state index in [4.69, 9.17) is 9.47 Å². The average molecular weight is 246 g/mol. The van der Waals surface area contributed by atoms with Crippen LogP contribution in [-0.4, -0.2) is 19.0 Å². The molecule has 2 rings (SSSR count). The number of ether oxygens (including phenoxy) is 2. The van der Waals surface area contributed by atoms with Gasteiger partial charge in [0.05, 0.1) is 0 Å². The standard InChI is InChI=1S/C15H18O3/c1-10(2)12-6-4-5-11-7-8-13(16)15(14(11)12)18-9-17-3/h4-8,10,16H,9H2,1-3H3. The van der Waals surface area contributed by atoms with Gasteiger partial charge in [0.15, 0.2) is 18.3 Å². The van der Waals surface area contributed by atoms with Gasteiger partial charge in [-0.15, -0.1) is 0 Å². The summed E-state index contributed by atoms with van der Waals surface area (Å²) in [7, 11) is 1.56. The van der Waals surface area contributed by atoms with E-state index in [1.54, 1.807) is 13.2 Å². The first-order valence-corrected chi connectivity index (χ1v) is 6.01. The molecule has 0 atom stereocenters. The predicted octanol–water partition coefficient (Wildman–Crippen LogP) is 3.65. The summed E-state index contributed by atoms with van der Waals surface area (Å²) in [6, 6.07) is 9.65. The zero-order valence-electron chi connectivity index (χ0n) is 10.9. The molecule has 2 aromatic carbocycles. The maximum Gasteiger partial charge on any atom is 0.188 e. The van der Waals surface area contributed by atoms with Crippen molar-refractivity contribution in [1.82, 2.24) is 0 Å². The van der Waals surface area contributed by atoms with Crippen LogP contribution in [-0.2, 0) is 4.74 Å². The van der Waals surface area contributed by atoms with Crippen LogP contribution in [0, 0.1) is 0 Å². The van der Waals surface area contributed by atoms with Gasteiger partial charge in [0.2, 0.25) is 0 Å². The van der Waals surface area contributed by atoms with Crippen LogP contribution < -0.4 is 4.74 Å². The number of phenolic OH excluding ortho intramolecular Hbond substituents is 1. The number of aromatic hydroxyl groups is 1. The quantitative estimate of drug-likeness (QED) is 0.837. The van der Waals surface area contributed by atoms with Crippen LogP contribution in [0.4, 0.5) is 0 Å². The van der Waals surface area contributed by atoms with Gasteiger partial charge in [-0.1, -0.05) is 38.1 Å². The summed E-state index contributed by atoms with van der Waals surface area (Å²) < 4.78 is 10.4. The molecule has 0 aliphatic heterocycles. The van der Waals surface area contributed by atoms with E-state index in [0.717, 1.165) is 16.3 Å². The molecule has 0 saturated heterocycles. The second-order valence-electron chi connectivity index (χ2n) is 4.56. The Hall–Kier alpha value is -1.74. The summed E-state index contributed by atoms with van der Waals surface area (Å²) >= 11 is 0. The first-order valence-electron chi connectivity index (χ1n) is 6.01. The van der Waals surface area contributed by atoms with Crippen LogP contribution in [0.15, 0.2) is 30.3 Å². The number of hydrogen-bond donors (Lipinski definition) is 1. The molecular formula is C15H18O3. The molecule has 1 N–H and O–H groups in total. The Balaban J connectivity index is 2.68. The number of fused-ring (bicyclic) bond motifs is 1. The maximum atomic E-state index is 9.96. The van der Waals surface area contributed by atoms with Crippen molar-refractivity contribution in [2.24, 2.45) is 0 Å². The van der Waals surface area contributed by atoms with Crippen molar-refractivity contribution in [3.8, 4) is 11.5 Å². The zero-order chi connectivity index (χ0) is 13.1. The molecular weight excluding hydrogens is 228 g/mol. The highest BCUT2D eigenvalue weighted by Crippen LogP contribution is 2.39. The molecule has 0 aliphatic rings. The fourth-order valence-electron chi connectivity index (χ4n) is 2.11. The third kappa shape index (κ3) is 2.27. The third-order valence-electron chi connectivity index (χ3n) is 2.95. The summed E-state index contributed by atoms with van der Waals surface area (Å²) in [5.74, 6) is 1.01.